The van der Waals surface area contributed by atoms with Gasteiger partial charge in [-0.05, 0) is 38.8 Å². The normalized spacial score (nSPS) is 15.8. The first kappa shape index (κ1) is 22.5. The van der Waals surface area contributed by atoms with Crippen molar-refractivity contribution in [3.63, 3.8) is 0 Å². The van der Waals surface area contributed by atoms with E-state index < -0.39 is 0 Å². The Morgan fingerprint density at radius 3 is 2.77 bits per heavy atom. The summed E-state index contributed by atoms with van der Waals surface area (Å²) in [5.41, 5.74) is 2.22. The smallest absolute Gasteiger partial charge is 0.220 e. The van der Waals surface area contributed by atoms with E-state index in [1.165, 1.54) is 12.0 Å². The van der Waals surface area contributed by atoms with Gasteiger partial charge in [-0.1, -0.05) is 29.8 Å². The lowest BCUT2D eigenvalue weighted by Gasteiger charge is -2.08. The van der Waals surface area contributed by atoms with Gasteiger partial charge in [0.25, 0.3) is 0 Å². The van der Waals surface area contributed by atoms with Crippen LogP contribution in [-0.2, 0) is 11.2 Å². The molecular weight excluding hydrogens is 373 g/mol. The van der Waals surface area contributed by atoms with Gasteiger partial charge in [-0.3, -0.25) is 4.79 Å². The van der Waals surface area contributed by atoms with Gasteiger partial charge in [0.05, 0.1) is 6.20 Å². The Morgan fingerprint density at radius 1 is 1.31 bits per heavy atom. The van der Waals surface area contributed by atoms with E-state index >= 15 is 0 Å². The molecule has 1 fully saturated rings. The SMILES string of the molecule is Cc1ccc(-c2cnc(CCC(=O)NCCC3CCNC3)o2)cc1.Cl.Cl. The van der Waals surface area contributed by atoms with Crippen LogP contribution < -0.4 is 10.6 Å². The zero-order valence-corrected chi connectivity index (χ0v) is 16.6. The summed E-state index contributed by atoms with van der Waals surface area (Å²) in [4.78, 5) is 16.2. The predicted octanol–water partition coefficient (Wildman–Crippen LogP) is 3.54. The number of oxazole rings is 1. The maximum absolute atomic E-state index is 11.9. The second-order valence-corrected chi connectivity index (χ2v) is 6.48. The molecule has 2 heterocycles. The van der Waals surface area contributed by atoms with Gasteiger partial charge in [0.2, 0.25) is 5.91 Å². The average molecular weight is 400 g/mol. The number of benzene rings is 1. The van der Waals surface area contributed by atoms with Crippen LogP contribution in [0.5, 0.6) is 0 Å². The van der Waals surface area contributed by atoms with Gasteiger partial charge in [-0.2, -0.15) is 0 Å². The maximum Gasteiger partial charge on any atom is 0.220 e. The van der Waals surface area contributed by atoms with Crippen molar-refractivity contribution < 1.29 is 9.21 Å². The van der Waals surface area contributed by atoms with Gasteiger partial charge in [0.1, 0.15) is 0 Å². The van der Waals surface area contributed by atoms with Gasteiger partial charge in [0.15, 0.2) is 11.7 Å². The van der Waals surface area contributed by atoms with Crippen molar-refractivity contribution in [1.82, 2.24) is 15.6 Å². The fraction of sp³-hybridized carbons (Fsp3) is 0.474. The van der Waals surface area contributed by atoms with Crippen molar-refractivity contribution in [2.45, 2.75) is 32.6 Å². The Labute approximate surface area is 167 Å². The molecule has 1 aromatic carbocycles. The molecule has 0 spiro atoms. The average Bonchev–Trinajstić information content (AvgIpc) is 3.25. The minimum Gasteiger partial charge on any atom is -0.441 e. The molecule has 0 saturated carbocycles. The standard InChI is InChI=1S/C19H25N3O2.2ClH/c1-14-2-4-16(5-3-14)17-13-22-19(24-17)7-6-18(23)21-11-9-15-8-10-20-12-15;;/h2-5,13,15,20H,6-12H2,1H3,(H,21,23);2*1H. The van der Waals surface area contributed by atoms with E-state index in [4.69, 9.17) is 4.42 Å². The molecule has 1 saturated heterocycles. The monoisotopic (exact) mass is 399 g/mol. The highest BCUT2D eigenvalue weighted by Crippen LogP contribution is 2.21. The number of carbonyl (C=O) groups is 1. The van der Waals surface area contributed by atoms with E-state index in [1.807, 2.05) is 24.3 Å². The van der Waals surface area contributed by atoms with Gasteiger partial charge < -0.3 is 15.1 Å². The zero-order valence-electron chi connectivity index (χ0n) is 15.0. The summed E-state index contributed by atoms with van der Waals surface area (Å²) in [6.45, 7) is 4.99. The lowest BCUT2D eigenvalue weighted by molar-refractivity contribution is -0.121. The number of aryl methyl sites for hydroxylation is 2. The van der Waals surface area contributed by atoms with Gasteiger partial charge in [0, 0.05) is 24.9 Å². The van der Waals surface area contributed by atoms with Crippen LogP contribution in [0.3, 0.4) is 0 Å². The first-order chi connectivity index (χ1) is 11.7. The summed E-state index contributed by atoms with van der Waals surface area (Å²) in [7, 11) is 0. The van der Waals surface area contributed by atoms with Gasteiger partial charge >= 0.3 is 0 Å². The molecule has 1 aliphatic rings. The zero-order chi connectivity index (χ0) is 16.8. The molecular formula is C19H27Cl2N3O2. The number of amides is 1. The number of halogens is 2. The van der Waals surface area contributed by atoms with Crippen molar-refractivity contribution >= 4 is 30.7 Å². The molecule has 26 heavy (non-hydrogen) atoms. The summed E-state index contributed by atoms with van der Waals surface area (Å²) >= 11 is 0. The Bertz CT molecular complexity index is 668. The third-order valence-electron chi connectivity index (χ3n) is 4.49. The van der Waals surface area contributed by atoms with Crippen LogP contribution in [0.1, 0.15) is 30.7 Å². The maximum atomic E-state index is 11.9. The minimum atomic E-state index is 0. The first-order valence-corrected chi connectivity index (χ1v) is 8.70. The molecule has 1 aromatic heterocycles. The summed E-state index contributed by atoms with van der Waals surface area (Å²) in [5.74, 6) is 2.13. The summed E-state index contributed by atoms with van der Waals surface area (Å²) < 4.78 is 5.75. The van der Waals surface area contributed by atoms with Crippen LogP contribution in [0.2, 0.25) is 0 Å². The summed E-state index contributed by atoms with van der Waals surface area (Å²) in [6, 6.07) is 8.13. The second kappa shape index (κ2) is 11.2. The Kier molecular flexibility index (Phi) is 9.70. The van der Waals surface area contributed by atoms with Crippen molar-refractivity contribution in [2.75, 3.05) is 19.6 Å². The largest absolute Gasteiger partial charge is 0.441 e. The molecule has 3 rings (SSSR count). The van der Waals surface area contributed by atoms with E-state index in [2.05, 4.69) is 22.5 Å². The second-order valence-electron chi connectivity index (χ2n) is 6.48. The van der Waals surface area contributed by atoms with E-state index in [0.29, 0.717) is 24.7 Å². The number of aromatic nitrogens is 1. The summed E-state index contributed by atoms with van der Waals surface area (Å²) in [6.07, 6.45) is 4.94. The molecule has 1 aliphatic heterocycles. The molecule has 2 aromatic rings. The molecule has 0 aliphatic carbocycles. The molecule has 144 valence electrons. The fourth-order valence-corrected chi connectivity index (χ4v) is 2.96. The Hall–Kier alpha value is -1.56. The molecule has 1 atom stereocenters. The quantitative estimate of drug-likeness (QED) is 0.746. The van der Waals surface area contributed by atoms with Crippen molar-refractivity contribution in [2.24, 2.45) is 5.92 Å². The molecule has 7 heteroatoms. The molecule has 0 bridgehead atoms. The number of nitrogens with zero attached hydrogens (tertiary/aromatic N) is 1. The number of nitrogens with one attached hydrogen (secondary N) is 2. The van der Waals surface area contributed by atoms with Crippen LogP contribution in [0, 0.1) is 12.8 Å². The molecule has 5 nitrogen and oxygen atoms in total. The number of carbonyl (C=O) groups excluding carboxylic acids is 1. The molecule has 2 N–H and O–H groups in total. The minimum absolute atomic E-state index is 0. The summed E-state index contributed by atoms with van der Waals surface area (Å²) in [5, 5.41) is 6.33. The number of hydrogen-bond acceptors (Lipinski definition) is 4. The predicted molar refractivity (Wildman–Crippen MR) is 108 cm³/mol. The van der Waals surface area contributed by atoms with E-state index in [-0.39, 0.29) is 30.7 Å². The molecule has 0 radical (unpaired) electrons. The van der Waals surface area contributed by atoms with Crippen LogP contribution in [0.15, 0.2) is 34.9 Å². The van der Waals surface area contributed by atoms with Crippen LogP contribution in [0.25, 0.3) is 11.3 Å². The van der Waals surface area contributed by atoms with Crippen LogP contribution in [0.4, 0.5) is 0 Å². The molecule has 1 unspecified atom stereocenters. The van der Waals surface area contributed by atoms with Crippen molar-refractivity contribution in [3.8, 4) is 11.3 Å². The lowest BCUT2D eigenvalue weighted by atomic mass is 10.1. The third-order valence-corrected chi connectivity index (χ3v) is 4.49. The molecule has 1 amide bonds. The van der Waals surface area contributed by atoms with Crippen molar-refractivity contribution in [3.05, 3.63) is 41.9 Å². The highest BCUT2D eigenvalue weighted by atomic mass is 35.5. The van der Waals surface area contributed by atoms with Crippen LogP contribution in [-0.4, -0.2) is 30.5 Å². The first-order valence-electron chi connectivity index (χ1n) is 8.70. The van der Waals surface area contributed by atoms with Gasteiger partial charge in [-0.15, -0.1) is 24.8 Å². The lowest BCUT2D eigenvalue weighted by Crippen LogP contribution is -2.26. The van der Waals surface area contributed by atoms with E-state index in [9.17, 15) is 4.79 Å². The third kappa shape index (κ3) is 6.63. The number of hydrogen-bond donors (Lipinski definition) is 2. The highest BCUT2D eigenvalue weighted by Gasteiger charge is 2.14. The van der Waals surface area contributed by atoms with E-state index in [1.54, 1.807) is 6.20 Å². The Morgan fingerprint density at radius 2 is 2.08 bits per heavy atom. The Balaban J connectivity index is 0.00000169. The van der Waals surface area contributed by atoms with Crippen LogP contribution >= 0.6 is 24.8 Å². The van der Waals surface area contributed by atoms with Gasteiger partial charge in [-0.25, -0.2) is 4.98 Å². The highest BCUT2D eigenvalue weighted by molar-refractivity contribution is 5.85. The fourth-order valence-electron chi connectivity index (χ4n) is 2.96. The topological polar surface area (TPSA) is 67.2 Å². The number of rotatable bonds is 7. The van der Waals surface area contributed by atoms with E-state index in [0.717, 1.165) is 37.4 Å². The van der Waals surface area contributed by atoms with Crippen molar-refractivity contribution in [1.29, 1.82) is 0 Å².